The third kappa shape index (κ3) is 2.79. The van der Waals surface area contributed by atoms with Gasteiger partial charge in [-0.1, -0.05) is 24.6 Å². The molecule has 0 bridgehead atoms. The van der Waals surface area contributed by atoms with E-state index in [1.165, 1.54) is 19.1 Å². The van der Waals surface area contributed by atoms with Crippen molar-refractivity contribution in [3.05, 3.63) is 34.6 Å². The van der Waals surface area contributed by atoms with Gasteiger partial charge in [0.05, 0.1) is 10.6 Å². The van der Waals surface area contributed by atoms with Gasteiger partial charge in [-0.25, -0.2) is 9.18 Å². The third-order valence-electron chi connectivity index (χ3n) is 2.76. The molecule has 2 N–H and O–H groups in total. The first-order valence-electron chi connectivity index (χ1n) is 5.31. The van der Waals surface area contributed by atoms with Crippen LogP contribution in [-0.4, -0.2) is 22.5 Å². The van der Waals surface area contributed by atoms with Gasteiger partial charge in [-0.15, -0.1) is 0 Å². The number of carbonyl (C=O) groups excluding carboxylic acids is 1. The summed E-state index contributed by atoms with van der Waals surface area (Å²) >= 11 is 5.73. The van der Waals surface area contributed by atoms with E-state index in [-0.39, 0.29) is 17.0 Å². The Kier molecular flexibility index (Phi) is 4.29. The standard InChI is InChI=1S/C12H13ClFNO3/c1-3-12(2,11(17)18)15-10(16)9-7(13)5-4-6-8(9)14/h4-6H,3H2,1-2H3,(H,15,16)(H,17,18). The number of aliphatic carboxylic acids is 1. The molecule has 0 spiro atoms. The second-order valence-corrected chi connectivity index (χ2v) is 4.45. The SMILES string of the molecule is CCC(C)(NC(=O)c1c(F)cccc1Cl)C(=O)O. The molecule has 0 aliphatic rings. The van der Waals surface area contributed by atoms with Crippen molar-refractivity contribution in [2.45, 2.75) is 25.8 Å². The quantitative estimate of drug-likeness (QED) is 0.886. The fraction of sp³-hybridized carbons (Fsp3) is 0.333. The molecule has 1 aromatic rings. The summed E-state index contributed by atoms with van der Waals surface area (Å²) in [5.74, 6) is -2.82. The van der Waals surface area contributed by atoms with Crippen LogP contribution in [0.5, 0.6) is 0 Å². The molecule has 0 saturated carbocycles. The van der Waals surface area contributed by atoms with Crippen LogP contribution in [-0.2, 0) is 4.79 Å². The smallest absolute Gasteiger partial charge is 0.329 e. The highest BCUT2D eigenvalue weighted by atomic mass is 35.5. The molecule has 6 heteroatoms. The van der Waals surface area contributed by atoms with Gasteiger partial charge in [0.25, 0.3) is 5.91 Å². The van der Waals surface area contributed by atoms with E-state index in [2.05, 4.69) is 5.32 Å². The lowest BCUT2D eigenvalue weighted by molar-refractivity contribution is -0.143. The Hall–Kier alpha value is -1.62. The summed E-state index contributed by atoms with van der Waals surface area (Å²) in [4.78, 5) is 22.9. The minimum absolute atomic E-state index is 0.0589. The molecule has 0 saturated heterocycles. The Balaban J connectivity index is 3.06. The van der Waals surface area contributed by atoms with Crippen LogP contribution in [0, 0.1) is 5.82 Å². The Morgan fingerprint density at radius 3 is 2.56 bits per heavy atom. The summed E-state index contributed by atoms with van der Waals surface area (Å²) in [7, 11) is 0. The summed E-state index contributed by atoms with van der Waals surface area (Å²) in [6, 6.07) is 3.82. The highest BCUT2D eigenvalue weighted by molar-refractivity contribution is 6.33. The van der Waals surface area contributed by atoms with Crippen molar-refractivity contribution >= 4 is 23.5 Å². The lowest BCUT2D eigenvalue weighted by Gasteiger charge is -2.24. The molecule has 0 aliphatic heterocycles. The van der Waals surface area contributed by atoms with Gasteiger partial charge in [0, 0.05) is 0 Å². The van der Waals surface area contributed by atoms with E-state index in [1.807, 2.05) is 0 Å². The van der Waals surface area contributed by atoms with E-state index in [9.17, 15) is 14.0 Å². The van der Waals surface area contributed by atoms with Crippen LogP contribution in [0.3, 0.4) is 0 Å². The minimum atomic E-state index is -1.46. The van der Waals surface area contributed by atoms with Crippen LogP contribution < -0.4 is 5.32 Å². The van der Waals surface area contributed by atoms with E-state index >= 15 is 0 Å². The largest absolute Gasteiger partial charge is 0.480 e. The van der Waals surface area contributed by atoms with Crippen LogP contribution in [0.1, 0.15) is 30.6 Å². The Morgan fingerprint density at radius 2 is 2.11 bits per heavy atom. The monoisotopic (exact) mass is 273 g/mol. The van der Waals surface area contributed by atoms with Gasteiger partial charge in [0.1, 0.15) is 11.4 Å². The number of carbonyl (C=O) groups is 2. The van der Waals surface area contributed by atoms with Crippen molar-refractivity contribution in [3.8, 4) is 0 Å². The van der Waals surface area contributed by atoms with Crippen molar-refractivity contribution < 1.29 is 19.1 Å². The number of rotatable bonds is 4. The van der Waals surface area contributed by atoms with Crippen molar-refractivity contribution in [1.29, 1.82) is 0 Å². The van der Waals surface area contributed by atoms with Crippen molar-refractivity contribution in [3.63, 3.8) is 0 Å². The molecular formula is C12H13ClFNO3. The van der Waals surface area contributed by atoms with Crippen LogP contribution in [0.4, 0.5) is 4.39 Å². The Bertz CT molecular complexity index is 472. The molecule has 4 nitrogen and oxygen atoms in total. The van der Waals surface area contributed by atoms with Gasteiger partial charge >= 0.3 is 5.97 Å². The first kappa shape index (κ1) is 14.4. The highest BCUT2D eigenvalue weighted by Crippen LogP contribution is 2.20. The number of halogens is 2. The number of amides is 1. The molecule has 0 fully saturated rings. The molecule has 0 radical (unpaired) electrons. The highest BCUT2D eigenvalue weighted by Gasteiger charge is 2.34. The molecule has 18 heavy (non-hydrogen) atoms. The molecule has 0 aromatic heterocycles. The average molecular weight is 274 g/mol. The summed E-state index contributed by atoms with van der Waals surface area (Å²) in [5.41, 5.74) is -1.80. The maximum Gasteiger partial charge on any atom is 0.329 e. The second kappa shape index (κ2) is 5.35. The summed E-state index contributed by atoms with van der Waals surface area (Å²) in [6.07, 6.45) is 0.167. The van der Waals surface area contributed by atoms with Gasteiger partial charge in [-0.05, 0) is 25.5 Å². The van der Waals surface area contributed by atoms with Crippen molar-refractivity contribution in [2.24, 2.45) is 0 Å². The van der Waals surface area contributed by atoms with Gasteiger partial charge in [-0.2, -0.15) is 0 Å². The van der Waals surface area contributed by atoms with Crippen molar-refractivity contribution in [2.75, 3.05) is 0 Å². The molecule has 1 rings (SSSR count). The van der Waals surface area contributed by atoms with E-state index in [0.717, 1.165) is 6.07 Å². The number of hydrogen-bond donors (Lipinski definition) is 2. The normalized spacial score (nSPS) is 13.8. The summed E-state index contributed by atoms with van der Waals surface area (Å²) < 4.78 is 13.5. The third-order valence-corrected chi connectivity index (χ3v) is 3.07. The van der Waals surface area contributed by atoms with E-state index in [0.29, 0.717) is 0 Å². The maximum absolute atomic E-state index is 13.5. The van der Waals surface area contributed by atoms with Crippen LogP contribution >= 0.6 is 11.6 Å². The van der Waals surface area contributed by atoms with Gasteiger partial charge in [0.2, 0.25) is 0 Å². The molecule has 98 valence electrons. The molecule has 0 heterocycles. The maximum atomic E-state index is 13.5. The van der Waals surface area contributed by atoms with E-state index in [1.54, 1.807) is 6.92 Å². The second-order valence-electron chi connectivity index (χ2n) is 4.04. The fourth-order valence-corrected chi connectivity index (χ4v) is 1.57. The molecule has 1 unspecified atom stereocenters. The van der Waals surface area contributed by atoms with Gasteiger partial charge in [-0.3, -0.25) is 4.79 Å². The number of nitrogens with one attached hydrogen (secondary N) is 1. The number of hydrogen-bond acceptors (Lipinski definition) is 2. The Labute approximate surface area is 109 Å². The zero-order valence-corrected chi connectivity index (χ0v) is 10.7. The van der Waals surface area contributed by atoms with E-state index < -0.39 is 23.2 Å². The predicted molar refractivity (Wildman–Crippen MR) is 65.2 cm³/mol. The molecule has 1 atom stereocenters. The molecule has 1 amide bonds. The van der Waals surface area contributed by atoms with Crippen LogP contribution in [0.15, 0.2) is 18.2 Å². The number of carboxylic acids is 1. The van der Waals surface area contributed by atoms with Crippen LogP contribution in [0.2, 0.25) is 5.02 Å². The summed E-state index contributed by atoms with van der Waals surface area (Å²) in [5, 5.41) is 11.2. The fourth-order valence-electron chi connectivity index (χ4n) is 1.32. The molecule has 1 aromatic carbocycles. The summed E-state index contributed by atoms with van der Waals surface area (Å²) in [6.45, 7) is 2.96. The first-order valence-corrected chi connectivity index (χ1v) is 5.69. The molecule has 0 aliphatic carbocycles. The van der Waals surface area contributed by atoms with Crippen molar-refractivity contribution in [1.82, 2.24) is 5.32 Å². The number of benzene rings is 1. The molecular weight excluding hydrogens is 261 g/mol. The van der Waals surface area contributed by atoms with Gasteiger partial charge in [0.15, 0.2) is 0 Å². The first-order chi connectivity index (χ1) is 8.31. The lowest BCUT2D eigenvalue weighted by Crippen LogP contribution is -2.51. The van der Waals surface area contributed by atoms with Crippen LogP contribution in [0.25, 0.3) is 0 Å². The average Bonchev–Trinajstić information content (AvgIpc) is 2.28. The Morgan fingerprint density at radius 1 is 1.50 bits per heavy atom. The zero-order valence-electron chi connectivity index (χ0n) is 9.96. The number of carboxylic acid groups (broad SMARTS) is 1. The topological polar surface area (TPSA) is 66.4 Å². The zero-order chi connectivity index (χ0) is 13.9. The van der Waals surface area contributed by atoms with E-state index in [4.69, 9.17) is 16.7 Å². The predicted octanol–water partition coefficient (Wildman–Crippen LogP) is 2.46. The van der Waals surface area contributed by atoms with Gasteiger partial charge < -0.3 is 10.4 Å². The lowest BCUT2D eigenvalue weighted by atomic mass is 9.98. The minimum Gasteiger partial charge on any atom is -0.480 e.